The Morgan fingerprint density at radius 1 is 1.05 bits per heavy atom. The number of hydrogen-bond acceptors (Lipinski definition) is 7. The fourth-order valence-electron chi connectivity index (χ4n) is 4.34. The normalized spacial score (nSPS) is 14.6. The fourth-order valence-corrected chi connectivity index (χ4v) is 5.46. The number of halogens is 1. The van der Waals surface area contributed by atoms with E-state index in [1.165, 1.54) is 24.4 Å². The number of nitrogens with zero attached hydrogens (tertiary/aromatic N) is 3. The van der Waals surface area contributed by atoms with Crippen molar-refractivity contribution in [1.82, 2.24) is 14.8 Å². The van der Waals surface area contributed by atoms with E-state index >= 15 is 0 Å². The first-order valence-corrected chi connectivity index (χ1v) is 13.5. The van der Waals surface area contributed by atoms with Gasteiger partial charge in [-0.25, -0.2) is 9.48 Å². The lowest BCUT2D eigenvalue weighted by atomic mass is 9.95. The number of rotatable bonds is 8. The highest BCUT2D eigenvalue weighted by molar-refractivity contribution is 7.98. The Balaban J connectivity index is 1.46. The van der Waals surface area contributed by atoms with Crippen LogP contribution < -0.4 is 10.1 Å². The van der Waals surface area contributed by atoms with Crippen LogP contribution in [0.4, 0.5) is 5.95 Å². The van der Waals surface area contributed by atoms with Gasteiger partial charge in [-0.3, -0.25) is 0 Å². The second-order valence-electron chi connectivity index (χ2n) is 8.89. The number of ether oxygens (including phenoxy) is 2. The Bertz CT molecular complexity index is 1520. The molecule has 0 radical (unpaired) electrons. The number of fused-ring (bicyclic) bond motifs is 1. The summed E-state index contributed by atoms with van der Waals surface area (Å²) in [6, 6.07) is 23.0. The summed E-state index contributed by atoms with van der Waals surface area (Å²) < 4.78 is 13.0. The molecule has 1 atom stereocenters. The third-order valence-electron chi connectivity index (χ3n) is 6.38. The summed E-state index contributed by atoms with van der Waals surface area (Å²) in [7, 11) is 1.38. The van der Waals surface area contributed by atoms with Gasteiger partial charge in [-0.1, -0.05) is 78.0 Å². The Kier molecular flexibility index (Phi) is 7.72. The molecule has 0 saturated carbocycles. The van der Waals surface area contributed by atoms with Gasteiger partial charge in [0.1, 0.15) is 18.4 Å². The van der Waals surface area contributed by atoms with Crippen LogP contribution in [-0.2, 0) is 21.9 Å². The maximum absolute atomic E-state index is 12.9. The second kappa shape index (κ2) is 11.3. The third-order valence-corrected chi connectivity index (χ3v) is 7.64. The van der Waals surface area contributed by atoms with Gasteiger partial charge in [0.25, 0.3) is 0 Å². The molecule has 3 aromatic carbocycles. The topological polar surface area (TPSA) is 78.3 Å². The molecule has 1 unspecified atom stereocenters. The summed E-state index contributed by atoms with van der Waals surface area (Å²) in [6.45, 7) is 4.35. The predicted molar refractivity (Wildman–Crippen MR) is 149 cm³/mol. The van der Waals surface area contributed by atoms with Crippen molar-refractivity contribution in [2.45, 2.75) is 37.4 Å². The molecule has 0 saturated heterocycles. The molecule has 194 valence electrons. The number of carbonyl (C=O) groups excluding carboxylic acids is 1. The van der Waals surface area contributed by atoms with Gasteiger partial charge in [-0.2, -0.15) is 4.98 Å². The first-order chi connectivity index (χ1) is 18.4. The molecule has 1 N–H and O–H groups in total. The molecule has 0 aliphatic carbocycles. The van der Waals surface area contributed by atoms with Crippen molar-refractivity contribution in [3.8, 4) is 5.75 Å². The van der Waals surface area contributed by atoms with Gasteiger partial charge < -0.3 is 14.8 Å². The molecule has 5 rings (SSSR count). The van der Waals surface area contributed by atoms with Gasteiger partial charge in [-0.15, -0.1) is 5.10 Å². The summed E-state index contributed by atoms with van der Waals surface area (Å²) in [5.74, 6) is 1.43. The van der Waals surface area contributed by atoms with E-state index in [2.05, 4.69) is 24.4 Å². The van der Waals surface area contributed by atoms with Crippen LogP contribution in [0.5, 0.6) is 5.75 Å². The van der Waals surface area contributed by atoms with Crippen LogP contribution in [0.2, 0.25) is 5.02 Å². The summed E-state index contributed by atoms with van der Waals surface area (Å²) in [4.78, 5) is 17.6. The first-order valence-electron chi connectivity index (χ1n) is 12.1. The van der Waals surface area contributed by atoms with Crippen LogP contribution in [0.3, 0.4) is 0 Å². The summed E-state index contributed by atoms with van der Waals surface area (Å²) in [5, 5.41) is 9.26. The van der Waals surface area contributed by atoms with Crippen molar-refractivity contribution in [1.29, 1.82) is 0 Å². The van der Waals surface area contributed by atoms with E-state index < -0.39 is 12.0 Å². The van der Waals surface area contributed by atoms with E-state index in [1.807, 2.05) is 67.6 Å². The molecular formula is C29H27ClN4O3S. The van der Waals surface area contributed by atoms with E-state index in [4.69, 9.17) is 31.2 Å². The third kappa shape index (κ3) is 5.42. The molecule has 38 heavy (non-hydrogen) atoms. The number of carbonyl (C=O) groups is 1. The molecule has 4 aromatic rings. The van der Waals surface area contributed by atoms with Crippen molar-refractivity contribution in [2.24, 2.45) is 0 Å². The number of methoxy groups -OCH3 is 1. The number of thioether (sulfide) groups is 1. The van der Waals surface area contributed by atoms with Crippen LogP contribution in [0.25, 0.3) is 0 Å². The number of benzene rings is 3. The van der Waals surface area contributed by atoms with Crippen LogP contribution in [-0.4, -0.2) is 27.8 Å². The molecule has 1 aliphatic heterocycles. The lowest BCUT2D eigenvalue weighted by Gasteiger charge is -2.28. The molecule has 0 bridgehead atoms. The quantitative estimate of drug-likeness (QED) is 0.198. The monoisotopic (exact) mass is 546 g/mol. The number of hydrogen-bond donors (Lipinski definition) is 1. The van der Waals surface area contributed by atoms with Gasteiger partial charge in [0, 0.05) is 16.5 Å². The smallest absolute Gasteiger partial charge is 0.338 e. The highest BCUT2D eigenvalue weighted by Gasteiger charge is 2.35. The first kappa shape index (κ1) is 25.9. The predicted octanol–water partition coefficient (Wildman–Crippen LogP) is 6.57. The van der Waals surface area contributed by atoms with Crippen molar-refractivity contribution >= 4 is 35.3 Å². The Morgan fingerprint density at radius 3 is 2.58 bits per heavy atom. The van der Waals surface area contributed by atoms with E-state index in [1.54, 1.807) is 4.68 Å². The highest BCUT2D eigenvalue weighted by atomic mass is 35.5. The zero-order valence-electron chi connectivity index (χ0n) is 21.3. The van der Waals surface area contributed by atoms with E-state index in [0.717, 1.165) is 16.7 Å². The zero-order valence-corrected chi connectivity index (χ0v) is 22.8. The SMILES string of the molecule is COC(=O)C1=C(C)Nc2nc(SCc3ccccc3Cl)nn2C1c1cccc(OCc2ccccc2C)c1. The van der Waals surface area contributed by atoms with Gasteiger partial charge >= 0.3 is 5.97 Å². The number of aromatic nitrogens is 3. The summed E-state index contributed by atoms with van der Waals surface area (Å²) in [6.07, 6.45) is 0. The Hall–Kier alpha value is -3.75. The van der Waals surface area contributed by atoms with Crippen molar-refractivity contribution < 1.29 is 14.3 Å². The number of esters is 1. The van der Waals surface area contributed by atoms with Gasteiger partial charge in [0.15, 0.2) is 0 Å². The summed E-state index contributed by atoms with van der Waals surface area (Å²) in [5.41, 5.74) is 5.24. The van der Waals surface area contributed by atoms with Crippen molar-refractivity contribution in [2.75, 3.05) is 12.4 Å². The second-order valence-corrected chi connectivity index (χ2v) is 10.2. The van der Waals surface area contributed by atoms with Gasteiger partial charge in [0.05, 0.1) is 12.7 Å². The fraction of sp³-hybridized carbons (Fsp3) is 0.207. The van der Waals surface area contributed by atoms with Gasteiger partial charge in [-0.05, 0) is 54.3 Å². The Morgan fingerprint density at radius 2 is 1.82 bits per heavy atom. The average Bonchev–Trinajstić information content (AvgIpc) is 3.33. The molecule has 0 amide bonds. The minimum atomic E-state index is -0.539. The Labute approximate surface area is 230 Å². The van der Waals surface area contributed by atoms with Crippen LogP contribution in [0.1, 0.15) is 35.2 Å². The van der Waals surface area contributed by atoms with Crippen molar-refractivity contribution in [3.05, 3.63) is 111 Å². The van der Waals surface area contributed by atoms with Crippen LogP contribution in [0.15, 0.2) is 89.2 Å². The number of aryl methyl sites for hydroxylation is 1. The molecule has 7 nitrogen and oxygen atoms in total. The van der Waals surface area contributed by atoms with E-state index in [9.17, 15) is 4.79 Å². The van der Waals surface area contributed by atoms with Crippen molar-refractivity contribution in [3.63, 3.8) is 0 Å². The maximum atomic E-state index is 12.9. The average molecular weight is 547 g/mol. The zero-order chi connectivity index (χ0) is 26.6. The number of nitrogens with one attached hydrogen (secondary N) is 1. The van der Waals surface area contributed by atoms with Crippen LogP contribution >= 0.6 is 23.4 Å². The standard InChI is InChI=1S/C29H27ClN4O3S/c1-18-9-4-5-10-21(18)16-37-23-13-8-12-20(15-23)26-25(27(35)36-3)19(2)31-28-32-29(33-34(26)28)38-17-22-11-6-7-14-24(22)30/h4-15,26H,16-17H2,1-3H3,(H,31,32,33). The van der Waals surface area contributed by atoms with Gasteiger partial charge in [0.2, 0.25) is 11.1 Å². The largest absolute Gasteiger partial charge is 0.489 e. The summed E-state index contributed by atoms with van der Waals surface area (Å²) >= 11 is 7.81. The lowest BCUT2D eigenvalue weighted by Crippen LogP contribution is -2.29. The minimum absolute atomic E-state index is 0.433. The molecule has 0 spiro atoms. The van der Waals surface area contributed by atoms with E-state index in [-0.39, 0.29) is 0 Å². The molecule has 1 aromatic heterocycles. The molecule has 2 heterocycles. The number of anilines is 1. The molecule has 0 fully saturated rings. The highest BCUT2D eigenvalue weighted by Crippen LogP contribution is 2.38. The van der Waals surface area contributed by atoms with Crippen LogP contribution in [0, 0.1) is 6.92 Å². The molecule has 1 aliphatic rings. The maximum Gasteiger partial charge on any atom is 0.338 e. The lowest BCUT2D eigenvalue weighted by molar-refractivity contribution is -0.136. The molecular weight excluding hydrogens is 520 g/mol. The molecule has 9 heteroatoms. The number of allylic oxidation sites excluding steroid dienone is 1. The minimum Gasteiger partial charge on any atom is -0.489 e. The van der Waals surface area contributed by atoms with E-state index in [0.29, 0.717) is 45.5 Å².